The first-order valence-corrected chi connectivity index (χ1v) is 8.05. The van der Waals surface area contributed by atoms with E-state index < -0.39 is 18.2 Å². The first-order valence-electron chi connectivity index (χ1n) is 8.05. The third kappa shape index (κ3) is 4.29. The third-order valence-electron chi connectivity index (χ3n) is 3.87. The molecule has 1 aromatic carbocycles. The zero-order valence-electron chi connectivity index (χ0n) is 13.7. The van der Waals surface area contributed by atoms with Crippen molar-refractivity contribution in [1.82, 2.24) is 19.8 Å². The third-order valence-corrected chi connectivity index (χ3v) is 3.87. The van der Waals surface area contributed by atoms with E-state index in [1.165, 1.54) is 6.07 Å². The molecule has 26 heavy (non-hydrogen) atoms. The number of hydrogen-bond acceptors (Lipinski definition) is 5. The summed E-state index contributed by atoms with van der Waals surface area (Å²) in [5.41, 5.74) is 1.25. The van der Waals surface area contributed by atoms with Gasteiger partial charge in [-0.1, -0.05) is 30.3 Å². The summed E-state index contributed by atoms with van der Waals surface area (Å²) in [5, 5.41) is 23.3. The molecule has 0 radical (unpaired) electrons. The Bertz CT molecular complexity index is 885. The fraction of sp³-hybridized carbons (Fsp3) is 0.294. The van der Waals surface area contributed by atoms with Crippen LogP contribution in [0.5, 0.6) is 0 Å². The van der Waals surface area contributed by atoms with E-state index in [9.17, 15) is 13.6 Å². The second-order valence-corrected chi connectivity index (χ2v) is 5.81. The summed E-state index contributed by atoms with van der Waals surface area (Å²) < 4.78 is 26.9. The van der Waals surface area contributed by atoms with Gasteiger partial charge in [-0.25, -0.2) is 8.78 Å². The molecule has 0 aliphatic carbocycles. The summed E-state index contributed by atoms with van der Waals surface area (Å²) in [6, 6.07) is 12.5. The molecule has 0 amide bonds. The van der Waals surface area contributed by atoms with Crippen molar-refractivity contribution in [3.63, 3.8) is 0 Å². The molecule has 2 heterocycles. The number of nitrogens with one attached hydrogen (secondary N) is 1. The van der Waals surface area contributed by atoms with E-state index in [1.807, 2.05) is 30.3 Å². The second kappa shape index (κ2) is 7.85. The summed E-state index contributed by atoms with van der Waals surface area (Å²) >= 11 is 0. The van der Waals surface area contributed by atoms with Gasteiger partial charge < -0.3 is 10.4 Å². The molecular weight excluding hydrogens is 344 g/mol. The summed E-state index contributed by atoms with van der Waals surface area (Å²) in [6.45, 7) is 0. The predicted molar refractivity (Wildman–Crippen MR) is 90.2 cm³/mol. The molecular formula is C17H17F2N5O2. The first kappa shape index (κ1) is 17.7. The van der Waals surface area contributed by atoms with Gasteiger partial charge >= 0.3 is 5.97 Å². The number of carboxylic acids is 1. The monoisotopic (exact) mass is 361 g/mol. The fourth-order valence-corrected chi connectivity index (χ4v) is 2.65. The summed E-state index contributed by atoms with van der Waals surface area (Å²) in [4.78, 5) is 10.9. The van der Waals surface area contributed by atoms with Gasteiger partial charge in [0.15, 0.2) is 5.65 Å². The lowest BCUT2D eigenvalue weighted by molar-refractivity contribution is -0.137. The van der Waals surface area contributed by atoms with Crippen LogP contribution in [0.15, 0.2) is 42.5 Å². The minimum absolute atomic E-state index is 0.0122. The van der Waals surface area contributed by atoms with Crippen molar-refractivity contribution in [2.24, 2.45) is 0 Å². The Morgan fingerprint density at radius 1 is 1.15 bits per heavy atom. The molecule has 0 aliphatic heterocycles. The molecule has 3 aromatic rings. The number of fused-ring (bicyclic) bond motifs is 1. The van der Waals surface area contributed by atoms with Gasteiger partial charge in [-0.2, -0.15) is 4.52 Å². The number of carboxylic acid groups (broad SMARTS) is 1. The van der Waals surface area contributed by atoms with Crippen LogP contribution in [0.4, 0.5) is 14.6 Å². The molecule has 7 nitrogen and oxygen atoms in total. The van der Waals surface area contributed by atoms with Crippen LogP contribution < -0.4 is 5.32 Å². The molecule has 3 rings (SSSR count). The molecule has 1 unspecified atom stereocenters. The van der Waals surface area contributed by atoms with Crippen LogP contribution in [-0.2, 0) is 11.2 Å². The number of carbonyl (C=O) groups is 1. The van der Waals surface area contributed by atoms with Gasteiger partial charge in [-0.3, -0.25) is 4.79 Å². The van der Waals surface area contributed by atoms with Gasteiger partial charge in [-0.05, 0) is 30.5 Å². The van der Waals surface area contributed by atoms with Gasteiger partial charge in [0.1, 0.15) is 5.82 Å². The van der Waals surface area contributed by atoms with Gasteiger partial charge in [0, 0.05) is 12.5 Å². The van der Waals surface area contributed by atoms with E-state index in [4.69, 9.17) is 5.11 Å². The zero-order valence-corrected chi connectivity index (χ0v) is 13.7. The van der Waals surface area contributed by atoms with Crippen LogP contribution in [0.3, 0.4) is 0 Å². The van der Waals surface area contributed by atoms with Crippen LogP contribution in [0.1, 0.15) is 30.7 Å². The van der Waals surface area contributed by atoms with Crippen molar-refractivity contribution in [1.29, 1.82) is 0 Å². The van der Waals surface area contributed by atoms with Crippen molar-refractivity contribution in [2.75, 3.05) is 5.32 Å². The Kier molecular flexibility index (Phi) is 5.35. The van der Waals surface area contributed by atoms with Crippen LogP contribution >= 0.6 is 0 Å². The molecule has 9 heteroatoms. The molecule has 0 saturated carbocycles. The van der Waals surface area contributed by atoms with E-state index in [2.05, 4.69) is 20.6 Å². The molecule has 0 spiro atoms. The van der Waals surface area contributed by atoms with E-state index in [1.54, 1.807) is 6.07 Å². The molecule has 2 aromatic heterocycles. The highest BCUT2D eigenvalue weighted by Crippen LogP contribution is 2.19. The quantitative estimate of drug-likeness (QED) is 0.641. The first-order chi connectivity index (χ1) is 12.5. The standard InChI is InChI=1S/C17H17F2N5O2/c18-16(19)17-22-21-14-8-7-13(23-24(14)17)20-12(6-9-15(25)26)10-11-4-2-1-3-5-11/h1-5,7-8,12,16H,6,9-10H2,(H,20,23)(H,25,26). The fourth-order valence-electron chi connectivity index (χ4n) is 2.65. The minimum Gasteiger partial charge on any atom is -0.481 e. The Labute approximate surface area is 147 Å². The average molecular weight is 361 g/mol. The number of hydrogen-bond donors (Lipinski definition) is 2. The van der Waals surface area contributed by atoms with E-state index in [0.29, 0.717) is 18.7 Å². The highest BCUT2D eigenvalue weighted by atomic mass is 19.3. The Morgan fingerprint density at radius 3 is 2.62 bits per heavy atom. The number of aromatic nitrogens is 4. The van der Waals surface area contributed by atoms with Crippen LogP contribution in [0.2, 0.25) is 0 Å². The Morgan fingerprint density at radius 2 is 1.92 bits per heavy atom. The number of aliphatic carboxylic acids is 1. The minimum atomic E-state index is -2.79. The molecule has 0 aliphatic rings. The van der Waals surface area contributed by atoms with Crippen molar-refractivity contribution >= 4 is 17.4 Å². The van der Waals surface area contributed by atoms with Gasteiger partial charge in [0.2, 0.25) is 5.82 Å². The highest BCUT2D eigenvalue weighted by molar-refractivity contribution is 5.66. The maximum Gasteiger partial charge on any atom is 0.303 e. The molecule has 0 fully saturated rings. The maximum atomic E-state index is 13.0. The summed E-state index contributed by atoms with van der Waals surface area (Å²) in [6.07, 6.45) is -1.85. The van der Waals surface area contributed by atoms with Gasteiger partial charge in [-0.15, -0.1) is 15.3 Å². The number of alkyl halides is 2. The lowest BCUT2D eigenvalue weighted by Crippen LogP contribution is -2.24. The molecule has 0 bridgehead atoms. The number of halogens is 2. The van der Waals surface area contributed by atoms with E-state index >= 15 is 0 Å². The highest BCUT2D eigenvalue weighted by Gasteiger charge is 2.18. The lowest BCUT2D eigenvalue weighted by atomic mass is 10.0. The normalized spacial score (nSPS) is 12.4. The SMILES string of the molecule is O=C(O)CCC(Cc1ccccc1)Nc1ccc2nnc(C(F)F)n2n1. The smallest absolute Gasteiger partial charge is 0.303 e. The number of rotatable bonds is 8. The van der Waals surface area contributed by atoms with Crippen molar-refractivity contribution < 1.29 is 18.7 Å². The largest absolute Gasteiger partial charge is 0.481 e. The topological polar surface area (TPSA) is 92.4 Å². The van der Waals surface area contributed by atoms with Crippen molar-refractivity contribution in [3.05, 3.63) is 53.9 Å². The Balaban J connectivity index is 1.81. The van der Waals surface area contributed by atoms with Crippen molar-refractivity contribution in [3.8, 4) is 0 Å². The maximum absolute atomic E-state index is 13.0. The zero-order chi connectivity index (χ0) is 18.5. The van der Waals surface area contributed by atoms with Crippen LogP contribution in [0.25, 0.3) is 5.65 Å². The van der Waals surface area contributed by atoms with E-state index in [0.717, 1.165) is 10.1 Å². The summed E-state index contributed by atoms with van der Waals surface area (Å²) in [5.74, 6) is -1.08. The average Bonchev–Trinajstić information content (AvgIpc) is 3.04. The molecule has 2 N–H and O–H groups in total. The van der Waals surface area contributed by atoms with E-state index in [-0.39, 0.29) is 18.1 Å². The number of anilines is 1. The number of benzene rings is 1. The van der Waals surface area contributed by atoms with Gasteiger partial charge in [0.05, 0.1) is 0 Å². The Hall–Kier alpha value is -3.10. The second-order valence-electron chi connectivity index (χ2n) is 5.81. The van der Waals surface area contributed by atoms with Crippen LogP contribution in [-0.4, -0.2) is 36.9 Å². The summed E-state index contributed by atoms with van der Waals surface area (Å²) in [7, 11) is 0. The van der Waals surface area contributed by atoms with Crippen LogP contribution in [0, 0.1) is 0 Å². The van der Waals surface area contributed by atoms with Gasteiger partial charge in [0.25, 0.3) is 6.43 Å². The predicted octanol–water partition coefficient (Wildman–Crippen LogP) is 2.95. The molecule has 136 valence electrons. The number of nitrogens with zero attached hydrogens (tertiary/aromatic N) is 4. The molecule has 1 atom stereocenters. The molecule has 0 saturated heterocycles. The van der Waals surface area contributed by atoms with Crippen molar-refractivity contribution in [2.45, 2.75) is 31.7 Å². The lowest BCUT2D eigenvalue weighted by Gasteiger charge is -2.19.